The molecular weight excluding hydrogens is 492 g/mol. The minimum Gasteiger partial charge on any atom is -0.481 e. The molecule has 6 N–H and O–H groups in total. The molecule has 38 heavy (non-hydrogen) atoms. The molecule has 0 rings (SSSR count). The number of carboxylic acids is 3. The first-order valence-corrected chi connectivity index (χ1v) is 14.4. The van der Waals surface area contributed by atoms with Crippen LogP contribution in [0.1, 0.15) is 135 Å². The molecule has 0 aliphatic heterocycles. The molecule has 0 fully saturated rings. The molecule has 0 aliphatic carbocycles. The van der Waals surface area contributed by atoms with Gasteiger partial charge in [-0.25, -0.2) is 0 Å². The molecule has 0 bridgehead atoms. The van der Waals surface area contributed by atoms with Gasteiger partial charge in [-0.2, -0.15) is 0 Å². The van der Waals surface area contributed by atoms with Crippen molar-refractivity contribution in [1.82, 2.24) is 0 Å². The van der Waals surface area contributed by atoms with Crippen LogP contribution in [0.3, 0.4) is 0 Å². The molecule has 0 saturated carbocycles. The third-order valence-corrected chi connectivity index (χ3v) is 5.63. The van der Waals surface area contributed by atoms with E-state index in [1.54, 1.807) is 0 Å². The quantitative estimate of drug-likeness (QED) is 0.0630. The topological polar surface area (TPSA) is 173 Å². The second kappa shape index (κ2) is 35.0. The van der Waals surface area contributed by atoms with Crippen LogP contribution in [-0.2, 0) is 14.4 Å². The summed E-state index contributed by atoms with van der Waals surface area (Å²) in [5, 5.41) is 48.4. The van der Waals surface area contributed by atoms with Gasteiger partial charge in [-0.15, -0.1) is 0 Å². The Morgan fingerprint density at radius 1 is 0.526 bits per heavy atom. The van der Waals surface area contributed by atoms with E-state index in [9.17, 15) is 14.4 Å². The van der Waals surface area contributed by atoms with Gasteiger partial charge in [-0.1, -0.05) is 96.1 Å². The van der Waals surface area contributed by atoms with Gasteiger partial charge in [0, 0.05) is 6.42 Å². The minimum atomic E-state index is -1.08. The van der Waals surface area contributed by atoms with Crippen molar-refractivity contribution in [2.24, 2.45) is 0 Å². The van der Waals surface area contributed by atoms with Crippen molar-refractivity contribution in [2.75, 3.05) is 13.2 Å². The van der Waals surface area contributed by atoms with Crippen molar-refractivity contribution in [2.45, 2.75) is 141 Å². The standard InChI is InChI=1S/C22H42O2.C4H6O4.C3H8O3/c1-2-3-4-5-6-7-8-9-10-11-12-13-14-15-16-17-18-19-20-21-22(23)24;5-3(6)1-2-4(7)8;4-1-3(6)2-5/h9-10H,2-8,11-21H2,1H3,(H,23,24);1-2H2,(H,5,6)(H,7,8);3-6H,1-2H2/b10-9-;;. The smallest absolute Gasteiger partial charge is 0.303 e. The lowest BCUT2D eigenvalue weighted by atomic mass is 10.1. The summed E-state index contributed by atoms with van der Waals surface area (Å²) in [6, 6.07) is 0. The summed E-state index contributed by atoms with van der Waals surface area (Å²) in [6.07, 6.45) is 25.6. The highest BCUT2D eigenvalue weighted by atomic mass is 16.4. The number of hydrogen-bond acceptors (Lipinski definition) is 6. The Morgan fingerprint density at radius 3 is 1.13 bits per heavy atom. The number of allylic oxidation sites excluding steroid dienone is 2. The summed E-state index contributed by atoms with van der Waals surface area (Å²) in [5.41, 5.74) is 0. The highest BCUT2D eigenvalue weighted by molar-refractivity contribution is 5.75. The van der Waals surface area contributed by atoms with E-state index in [4.69, 9.17) is 30.6 Å². The Morgan fingerprint density at radius 2 is 0.842 bits per heavy atom. The number of carboxylic acid groups (broad SMARTS) is 3. The van der Waals surface area contributed by atoms with Crippen LogP contribution in [0.25, 0.3) is 0 Å². The van der Waals surface area contributed by atoms with Crippen LogP contribution in [0.5, 0.6) is 0 Å². The summed E-state index contributed by atoms with van der Waals surface area (Å²) < 4.78 is 0. The summed E-state index contributed by atoms with van der Waals surface area (Å²) in [7, 11) is 0. The number of carbonyl (C=O) groups is 3. The van der Waals surface area contributed by atoms with E-state index < -0.39 is 24.0 Å². The fraction of sp³-hybridized carbons (Fsp3) is 0.828. The molecule has 0 aromatic heterocycles. The maximum Gasteiger partial charge on any atom is 0.303 e. The SMILES string of the molecule is CCCCCCCC/C=C\CCCCCCCCCCCC(=O)O.O=C(O)CCC(=O)O.OCC(O)CO. The molecule has 0 saturated heterocycles. The van der Waals surface area contributed by atoms with Gasteiger partial charge in [-0.05, 0) is 32.1 Å². The number of aliphatic hydroxyl groups is 3. The number of aliphatic carboxylic acids is 3. The van der Waals surface area contributed by atoms with Crippen LogP contribution in [0.2, 0.25) is 0 Å². The number of unbranched alkanes of at least 4 members (excludes halogenated alkanes) is 15. The normalized spacial score (nSPS) is 10.6. The molecule has 0 aromatic rings. The van der Waals surface area contributed by atoms with Crippen molar-refractivity contribution in [3.8, 4) is 0 Å². The molecular formula is C29H56O9. The summed E-state index contributed by atoms with van der Waals surface area (Å²) >= 11 is 0. The molecule has 0 aliphatic rings. The molecule has 0 radical (unpaired) electrons. The van der Waals surface area contributed by atoms with E-state index in [0.717, 1.165) is 12.8 Å². The fourth-order valence-electron chi connectivity index (χ4n) is 3.33. The molecule has 0 unspecified atom stereocenters. The van der Waals surface area contributed by atoms with Crippen molar-refractivity contribution in [3.63, 3.8) is 0 Å². The van der Waals surface area contributed by atoms with Gasteiger partial charge in [-0.3, -0.25) is 14.4 Å². The van der Waals surface area contributed by atoms with Gasteiger partial charge < -0.3 is 30.6 Å². The van der Waals surface area contributed by atoms with E-state index in [1.807, 2.05) is 0 Å². The number of aliphatic hydroxyl groups excluding tert-OH is 3. The monoisotopic (exact) mass is 548 g/mol. The predicted molar refractivity (Wildman–Crippen MR) is 150 cm³/mol. The highest BCUT2D eigenvalue weighted by Gasteiger charge is 2.00. The van der Waals surface area contributed by atoms with Gasteiger partial charge in [0.15, 0.2) is 0 Å². The fourth-order valence-corrected chi connectivity index (χ4v) is 3.33. The van der Waals surface area contributed by atoms with Gasteiger partial charge in [0.05, 0.1) is 26.1 Å². The zero-order chi connectivity index (χ0) is 29.3. The van der Waals surface area contributed by atoms with Crippen molar-refractivity contribution < 1.29 is 45.0 Å². The Balaban J connectivity index is -0.000000711. The molecule has 9 nitrogen and oxygen atoms in total. The van der Waals surface area contributed by atoms with Crippen LogP contribution in [0.15, 0.2) is 12.2 Å². The van der Waals surface area contributed by atoms with Crippen LogP contribution in [0, 0.1) is 0 Å². The van der Waals surface area contributed by atoms with Crippen molar-refractivity contribution in [1.29, 1.82) is 0 Å². The molecule has 0 spiro atoms. The Hall–Kier alpha value is -1.97. The minimum absolute atomic E-state index is 0.296. The Labute approximate surface area is 230 Å². The average Bonchev–Trinajstić information content (AvgIpc) is 2.89. The van der Waals surface area contributed by atoms with Crippen LogP contribution < -0.4 is 0 Å². The zero-order valence-corrected chi connectivity index (χ0v) is 23.7. The largest absolute Gasteiger partial charge is 0.481 e. The number of hydrogen-bond donors (Lipinski definition) is 6. The summed E-state index contributed by atoms with van der Waals surface area (Å²) in [4.78, 5) is 29.7. The Bertz CT molecular complexity index is 532. The zero-order valence-electron chi connectivity index (χ0n) is 23.7. The lowest BCUT2D eigenvalue weighted by Crippen LogP contribution is -2.15. The average molecular weight is 549 g/mol. The predicted octanol–water partition coefficient (Wildman–Crippen LogP) is 5.94. The van der Waals surface area contributed by atoms with Gasteiger partial charge in [0.2, 0.25) is 0 Å². The van der Waals surface area contributed by atoms with Crippen molar-refractivity contribution in [3.05, 3.63) is 12.2 Å². The molecule has 0 atom stereocenters. The van der Waals surface area contributed by atoms with E-state index in [2.05, 4.69) is 19.1 Å². The maximum absolute atomic E-state index is 10.4. The van der Waals surface area contributed by atoms with Gasteiger partial charge >= 0.3 is 17.9 Å². The first-order chi connectivity index (χ1) is 18.2. The first kappa shape index (κ1) is 40.5. The van der Waals surface area contributed by atoms with E-state index in [-0.39, 0.29) is 26.1 Å². The number of rotatable bonds is 24. The Kier molecular flexibility index (Phi) is 37.4. The molecule has 9 heteroatoms. The molecule has 0 heterocycles. The third kappa shape index (κ3) is 47.3. The second-order valence-electron chi connectivity index (χ2n) is 9.45. The lowest BCUT2D eigenvalue weighted by molar-refractivity contribution is -0.143. The molecule has 0 amide bonds. The van der Waals surface area contributed by atoms with Crippen LogP contribution in [-0.4, -0.2) is 67.9 Å². The molecule has 0 aromatic carbocycles. The highest BCUT2D eigenvalue weighted by Crippen LogP contribution is 2.12. The van der Waals surface area contributed by atoms with E-state index in [0.29, 0.717) is 6.42 Å². The maximum atomic E-state index is 10.4. The third-order valence-electron chi connectivity index (χ3n) is 5.63. The van der Waals surface area contributed by atoms with E-state index >= 15 is 0 Å². The summed E-state index contributed by atoms with van der Waals surface area (Å²) in [6.45, 7) is 1.54. The van der Waals surface area contributed by atoms with Gasteiger partial charge in [0.25, 0.3) is 0 Å². The first-order valence-electron chi connectivity index (χ1n) is 14.4. The van der Waals surface area contributed by atoms with Crippen LogP contribution >= 0.6 is 0 Å². The van der Waals surface area contributed by atoms with E-state index in [1.165, 1.54) is 96.3 Å². The van der Waals surface area contributed by atoms with Crippen molar-refractivity contribution >= 4 is 17.9 Å². The molecule has 226 valence electrons. The van der Waals surface area contributed by atoms with Gasteiger partial charge in [0.1, 0.15) is 6.10 Å². The second-order valence-corrected chi connectivity index (χ2v) is 9.45. The summed E-state index contributed by atoms with van der Waals surface area (Å²) in [5.74, 6) is -2.81. The lowest BCUT2D eigenvalue weighted by Gasteiger charge is -2.01. The van der Waals surface area contributed by atoms with Crippen LogP contribution in [0.4, 0.5) is 0 Å².